The summed E-state index contributed by atoms with van der Waals surface area (Å²) in [6, 6.07) is 25.1. The first-order valence-electron chi connectivity index (χ1n) is 17.4. The number of benzene rings is 3. The minimum Gasteiger partial charge on any atom is -0.491 e. The topological polar surface area (TPSA) is 87.1 Å². The number of fused-ring (bicyclic) bond motifs is 1. The third-order valence-electron chi connectivity index (χ3n) is 9.83. The molecule has 4 aromatic rings. The molecule has 0 aliphatic carbocycles. The highest BCUT2D eigenvalue weighted by atomic mass is 16.5. The number of carbonyl (C=O) groups excluding carboxylic acids is 3. The molecule has 1 saturated heterocycles. The van der Waals surface area contributed by atoms with Crippen molar-refractivity contribution >= 4 is 29.1 Å². The number of nitrogens with one attached hydrogen (secondary N) is 1. The van der Waals surface area contributed by atoms with E-state index < -0.39 is 0 Å². The van der Waals surface area contributed by atoms with Crippen LogP contribution < -0.4 is 15.0 Å². The molecule has 9 heteroatoms. The standard InChI is InChI=1S/C40H47N5O4/c1-42(2)31-20-25-44(26-21-31)38(46)17-11-27-49-37-28-30(40(48)45-23-10-9-16-35-36(45)22-24-43(35)3)18-19-34(37)41-39(47)33-15-8-7-14-32(33)29-12-5-4-6-13-29/h4-8,12-15,18-19,22,24,28,31H,9-11,16-17,20-21,23,25-27H2,1-3H3,(H,41,47). The van der Waals surface area contributed by atoms with Crippen LogP contribution in [0.3, 0.4) is 0 Å². The number of nitrogens with zero attached hydrogens (tertiary/aromatic N) is 4. The van der Waals surface area contributed by atoms with Crippen LogP contribution in [0.4, 0.5) is 11.4 Å². The quantitative estimate of drug-likeness (QED) is 0.193. The average molecular weight is 662 g/mol. The summed E-state index contributed by atoms with van der Waals surface area (Å²) in [7, 11) is 6.20. The molecule has 0 unspecified atom stereocenters. The Labute approximate surface area is 289 Å². The molecule has 0 saturated carbocycles. The van der Waals surface area contributed by atoms with Crippen LogP contribution in [0.15, 0.2) is 85.1 Å². The molecule has 9 nitrogen and oxygen atoms in total. The van der Waals surface area contributed by atoms with Gasteiger partial charge in [0.25, 0.3) is 11.8 Å². The van der Waals surface area contributed by atoms with Gasteiger partial charge in [-0.2, -0.15) is 0 Å². The zero-order valence-corrected chi connectivity index (χ0v) is 28.9. The number of hydrogen-bond donors (Lipinski definition) is 1. The van der Waals surface area contributed by atoms with Gasteiger partial charge in [0.15, 0.2) is 0 Å². The van der Waals surface area contributed by atoms with Crippen molar-refractivity contribution in [3.63, 3.8) is 0 Å². The molecule has 6 rings (SSSR count). The molecule has 49 heavy (non-hydrogen) atoms. The number of aromatic nitrogens is 1. The van der Waals surface area contributed by atoms with Gasteiger partial charge in [-0.25, -0.2) is 0 Å². The number of carbonyl (C=O) groups is 3. The van der Waals surface area contributed by atoms with Crippen molar-refractivity contribution < 1.29 is 19.1 Å². The number of hydrogen-bond acceptors (Lipinski definition) is 5. The maximum atomic E-state index is 14.0. The van der Waals surface area contributed by atoms with E-state index in [4.69, 9.17) is 4.74 Å². The molecule has 0 spiro atoms. The van der Waals surface area contributed by atoms with Crippen molar-refractivity contribution in [2.24, 2.45) is 7.05 Å². The van der Waals surface area contributed by atoms with E-state index in [-0.39, 0.29) is 24.3 Å². The molecule has 256 valence electrons. The number of rotatable bonds is 10. The Balaban J connectivity index is 1.20. The van der Waals surface area contributed by atoms with Crippen molar-refractivity contribution in [1.29, 1.82) is 0 Å². The number of ether oxygens (including phenoxy) is 1. The highest BCUT2D eigenvalue weighted by Crippen LogP contribution is 2.32. The van der Waals surface area contributed by atoms with Gasteiger partial charge in [0.05, 0.1) is 18.0 Å². The molecule has 1 N–H and O–H groups in total. The van der Waals surface area contributed by atoms with Gasteiger partial charge in [0.1, 0.15) is 5.75 Å². The molecule has 1 fully saturated rings. The second-order valence-electron chi connectivity index (χ2n) is 13.3. The van der Waals surface area contributed by atoms with Gasteiger partial charge in [-0.15, -0.1) is 0 Å². The van der Waals surface area contributed by atoms with Crippen LogP contribution in [0.5, 0.6) is 5.75 Å². The van der Waals surface area contributed by atoms with Gasteiger partial charge in [-0.3, -0.25) is 14.4 Å². The van der Waals surface area contributed by atoms with Crippen LogP contribution in [0.2, 0.25) is 0 Å². The van der Waals surface area contributed by atoms with Gasteiger partial charge in [-0.1, -0.05) is 48.5 Å². The summed E-state index contributed by atoms with van der Waals surface area (Å²) in [5.41, 5.74) is 5.34. The molecule has 3 aromatic carbocycles. The summed E-state index contributed by atoms with van der Waals surface area (Å²) < 4.78 is 8.37. The Morgan fingerprint density at radius 3 is 2.43 bits per heavy atom. The number of aryl methyl sites for hydroxylation is 1. The van der Waals surface area contributed by atoms with E-state index in [2.05, 4.69) is 28.9 Å². The Morgan fingerprint density at radius 1 is 0.898 bits per heavy atom. The largest absolute Gasteiger partial charge is 0.491 e. The molecule has 0 bridgehead atoms. The second kappa shape index (κ2) is 15.6. The second-order valence-corrected chi connectivity index (χ2v) is 13.3. The van der Waals surface area contributed by atoms with E-state index in [0.717, 1.165) is 67.7 Å². The van der Waals surface area contributed by atoms with E-state index in [1.165, 1.54) is 0 Å². The SMILES string of the molecule is CN(C)C1CCN(C(=O)CCCOc2cc(C(=O)N3CCCCc4c3ccn4C)ccc2NC(=O)c2ccccc2-c2ccccc2)CC1. The molecular formula is C40H47N5O4. The van der Waals surface area contributed by atoms with E-state index in [1.807, 2.05) is 77.6 Å². The Bertz CT molecular complexity index is 1770. The van der Waals surface area contributed by atoms with Crippen molar-refractivity contribution in [3.05, 3.63) is 102 Å². The third-order valence-corrected chi connectivity index (χ3v) is 9.83. The zero-order chi connectivity index (χ0) is 34.3. The van der Waals surface area contributed by atoms with E-state index in [9.17, 15) is 14.4 Å². The lowest BCUT2D eigenvalue weighted by Crippen LogP contribution is -2.44. The highest BCUT2D eigenvalue weighted by Gasteiger charge is 2.26. The molecule has 3 heterocycles. The van der Waals surface area contributed by atoms with Gasteiger partial charge >= 0.3 is 0 Å². The maximum absolute atomic E-state index is 14.0. The fraction of sp³-hybridized carbons (Fsp3) is 0.375. The molecule has 2 aliphatic heterocycles. The summed E-state index contributed by atoms with van der Waals surface area (Å²) in [5, 5.41) is 3.05. The zero-order valence-electron chi connectivity index (χ0n) is 28.9. The van der Waals surface area contributed by atoms with E-state index in [1.54, 1.807) is 24.3 Å². The Kier molecular flexibility index (Phi) is 10.8. The normalized spacial score (nSPS) is 15.1. The van der Waals surface area contributed by atoms with Crippen LogP contribution in [-0.4, -0.2) is 78.5 Å². The van der Waals surface area contributed by atoms with Crippen molar-refractivity contribution in [2.45, 2.75) is 51.0 Å². The predicted octanol–water partition coefficient (Wildman–Crippen LogP) is 6.64. The summed E-state index contributed by atoms with van der Waals surface area (Å²) >= 11 is 0. The summed E-state index contributed by atoms with van der Waals surface area (Å²) in [5.74, 6) is 0.151. The smallest absolute Gasteiger partial charge is 0.258 e. The average Bonchev–Trinajstić information content (AvgIpc) is 3.35. The lowest BCUT2D eigenvalue weighted by atomic mass is 9.99. The van der Waals surface area contributed by atoms with Gasteiger partial charge < -0.3 is 29.3 Å². The predicted molar refractivity (Wildman–Crippen MR) is 194 cm³/mol. The van der Waals surface area contributed by atoms with Crippen LogP contribution in [0.1, 0.15) is 64.9 Å². The lowest BCUT2D eigenvalue weighted by Gasteiger charge is -2.35. The van der Waals surface area contributed by atoms with Gasteiger partial charge in [0.2, 0.25) is 5.91 Å². The Morgan fingerprint density at radius 2 is 1.65 bits per heavy atom. The monoisotopic (exact) mass is 661 g/mol. The number of amides is 3. The Hall–Kier alpha value is -4.89. The minimum absolute atomic E-state index is 0.109. The highest BCUT2D eigenvalue weighted by molar-refractivity contribution is 6.10. The molecular weight excluding hydrogens is 614 g/mol. The van der Waals surface area contributed by atoms with E-state index >= 15 is 0 Å². The fourth-order valence-corrected chi connectivity index (χ4v) is 6.96. The molecule has 0 atom stereocenters. The summed E-state index contributed by atoms with van der Waals surface area (Å²) in [4.78, 5) is 46.8. The molecule has 0 radical (unpaired) electrons. The molecule has 3 amide bonds. The number of anilines is 2. The third kappa shape index (κ3) is 7.89. The lowest BCUT2D eigenvalue weighted by molar-refractivity contribution is -0.132. The number of piperidine rings is 1. The van der Waals surface area contributed by atoms with Crippen LogP contribution >= 0.6 is 0 Å². The van der Waals surface area contributed by atoms with Crippen molar-refractivity contribution in [2.75, 3.05) is 50.6 Å². The van der Waals surface area contributed by atoms with Crippen LogP contribution in [-0.2, 0) is 18.3 Å². The fourth-order valence-electron chi connectivity index (χ4n) is 6.96. The van der Waals surface area contributed by atoms with Crippen molar-refractivity contribution in [3.8, 4) is 16.9 Å². The first kappa shape index (κ1) is 34.0. The minimum atomic E-state index is -0.277. The van der Waals surface area contributed by atoms with Gasteiger partial charge in [-0.05, 0) is 94.1 Å². The van der Waals surface area contributed by atoms with Gasteiger partial charge in [0, 0.05) is 62.2 Å². The van der Waals surface area contributed by atoms with Crippen molar-refractivity contribution in [1.82, 2.24) is 14.4 Å². The van der Waals surface area contributed by atoms with Crippen LogP contribution in [0.25, 0.3) is 11.1 Å². The first-order chi connectivity index (χ1) is 23.8. The summed E-state index contributed by atoms with van der Waals surface area (Å²) in [6.07, 6.45) is 7.73. The maximum Gasteiger partial charge on any atom is 0.258 e. The molecule has 1 aromatic heterocycles. The molecule has 2 aliphatic rings. The summed E-state index contributed by atoms with van der Waals surface area (Å²) in [6.45, 7) is 2.45. The van der Waals surface area contributed by atoms with E-state index in [0.29, 0.717) is 48.0 Å². The number of likely N-dealkylation sites (tertiary alicyclic amines) is 1. The van der Waals surface area contributed by atoms with Crippen LogP contribution in [0, 0.1) is 0 Å². The first-order valence-corrected chi connectivity index (χ1v) is 17.4.